The summed E-state index contributed by atoms with van der Waals surface area (Å²) in [6, 6.07) is 10.6. The van der Waals surface area contributed by atoms with E-state index in [9.17, 15) is 9.59 Å². The molecule has 1 aliphatic rings. The van der Waals surface area contributed by atoms with Gasteiger partial charge >= 0.3 is 0 Å². The van der Waals surface area contributed by atoms with Crippen LogP contribution >= 0.6 is 11.6 Å². The van der Waals surface area contributed by atoms with Crippen LogP contribution in [0.1, 0.15) is 5.69 Å². The molecule has 7 heteroatoms. The lowest BCUT2D eigenvalue weighted by Gasteiger charge is -2.31. The summed E-state index contributed by atoms with van der Waals surface area (Å²) in [5.74, 6) is -0.416. The van der Waals surface area contributed by atoms with Crippen LogP contribution < -0.4 is 4.90 Å². The van der Waals surface area contributed by atoms with Gasteiger partial charge in [0.2, 0.25) is 5.91 Å². The van der Waals surface area contributed by atoms with Crippen molar-refractivity contribution < 1.29 is 9.59 Å². The largest absolute Gasteiger partial charge is 0.350 e. The number of rotatable bonds is 3. The monoisotopic (exact) mass is 330 g/mol. The van der Waals surface area contributed by atoms with Gasteiger partial charge in [-0.25, -0.2) is 5.01 Å². The number of aryl methyl sites for hydroxylation is 1. The smallest absolute Gasteiger partial charge is 0.263 e. The number of aromatic nitrogens is 1. The van der Waals surface area contributed by atoms with Crippen molar-refractivity contribution in [3.05, 3.63) is 53.3 Å². The normalized spacial score (nSPS) is 15.7. The zero-order chi connectivity index (χ0) is 16.4. The number of carbonyl (C=O) groups excluding carboxylic acids is 2. The number of nitrogens with zero attached hydrogens (tertiary/aromatic N) is 4. The maximum Gasteiger partial charge on any atom is 0.263 e. The van der Waals surface area contributed by atoms with E-state index in [-0.39, 0.29) is 24.9 Å². The fraction of sp³-hybridized carbons (Fsp3) is 0.188. The number of anilines is 1. The molecule has 118 valence electrons. The predicted octanol–water partition coefficient (Wildman–Crippen LogP) is 1.89. The fourth-order valence-corrected chi connectivity index (χ4v) is 2.43. The van der Waals surface area contributed by atoms with Crippen molar-refractivity contribution >= 4 is 35.3 Å². The van der Waals surface area contributed by atoms with E-state index in [0.717, 1.165) is 5.69 Å². The van der Waals surface area contributed by atoms with Crippen molar-refractivity contribution in [1.29, 1.82) is 0 Å². The van der Waals surface area contributed by atoms with Crippen molar-refractivity contribution in [1.82, 2.24) is 9.58 Å². The SMILES string of the molecule is Cn1cccc1C=NN1CC(=O)N(c2ccc(Cl)cc2)CC1=O. The summed E-state index contributed by atoms with van der Waals surface area (Å²) in [6.45, 7) is -0.118. The molecule has 0 radical (unpaired) electrons. The highest BCUT2D eigenvalue weighted by atomic mass is 35.5. The van der Waals surface area contributed by atoms with Gasteiger partial charge in [0.25, 0.3) is 5.91 Å². The molecule has 2 amide bonds. The molecule has 0 spiro atoms. The lowest BCUT2D eigenvalue weighted by Crippen LogP contribution is -2.52. The van der Waals surface area contributed by atoms with E-state index >= 15 is 0 Å². The molecular formula is C16H15ClN4O2. The highest BCUT2D eigenvalue weighted by Gasteiger charge is 2.30. The number of hydrogen-bond donors (Lipinski definition) is 0. The molecule has 1 aromatic heterocycles. The lowest BCUT2D eigenvalue weighted by molar-refractivity contribution is -0.138. The molecule has 0 saturated carbocycles. The Morgan fingerprint density at radius 1 is 1.09 bits per heavy atom. The van der Waals surface area contributed by atoms with Crippen LogP contribution in [0.3, 0.4) is 0 Å². The van der Waals surface area contributed by atoms with E-state index in [1.807, 2.05) is 29.9 Å². The van der Waals surface area contributed by atoms with Crippen LogP contribution in [0, 0.1) is 0 Å². The van der Waals surface area contributed by atoms with E-state index in [4.69, 9.17) is 11.6 Å². The first-order valence-corrected chi connectivity index (χ1v) is 7.44. The van der Waals surface area contributed by atoms with Gasteiger partial charge in [0, 0.05) is 24.0 Å². The van der Waals surface area contributed by atoms with E-state index < -0.39 is 0 Å². The van der Waals surface area contributed by atoms with Gasteiger partial charge in [0.15, 0.2) is 0 Å². The molecule has 2 heterocycles. The molecule has 1 aliphatic heterocycles. The number of benzene rings is 1. The molecule has 0 N–H and O–H groups in total. The Morgan fingerprint density at radius 3 is 2.48 bits per heavy atom. The topological polar surface area (TPSA) is 57.9 Å². The molecule has 0 bridgehead atoms. The summed E-state index contributed by atoms with van der Waals surface area (Å²) < 4.78 is 1.87. The van der Waals surface area contributed by atoms with Gasteiger partial charge in [-0.2, -0.15) is 5.10 Å². The van der Waals surface area contributed by atoms with Crippen LogP contribution in [0.5, 0.6) is 0 Å². The first kappa shape index (κ1) is 15.3. The summed E-state index contributed by atoms with van der Waals surface area (Å²) in [5.41, 5.74) is 1.50. The first-order valence-electron chi connectivity index (χ1n) is 7.06. The van der Waals surface area contributed by atoms with Crippen molar-refractivity contribution in [2.24, 2.45) is 12.1 Å². The second kappa shape index (κ2) is 6.26. The van der Waals surface area contributed by atoms with Crippen molar-refractivity contribution in [3.63, 3.8) is 0 Å². The summed E-state index contributed by atoms with van der Waals surface area (Å²) in [6.07, 6.45) is 3.45. The van der Waals surface area contributed by atoms with Gasteiger partial charge in [-0.3, -0.25) is 9.59 Å². The van der Waals surface area contributed by atoms with Gasteiger partial charge in [-0.15, -0.1) is 0 Å². The van der Waals surface area contributed by atoms with Crippen molar-refractivity contribution in [2.45, 2.75) is 0 Å². The molecular weight excluding hydrogens is 316 g/mol. The standard InChI is InChI=1S/C16H15ClN4O2/c1-19-8-2-3-14(19)9-18-21-11-15(22)20(10-16(21)23)13-6-4-12(17)5-7-13/h2-9H,10-11H2,1H3. The second-order valence-corrected chi connectivity index (χ2v) is 5.63. The fourth-order valence-electron chi connectivity index (χ4n) is 2.31. The Kier molecular flexibility index (Phi) is 4.16. The van der Waals surface area contributed by atoms with Crippen LogP contribution in [0.2, 0.25) is 5.02 Å². The molecule has 1 fully saturated rings. The average molecular weight is 331 g/mol. The van der Waals surface area contributed by atoms with Gasteiger partial charge in [-0.05, 0) is 36.4 Å². The van der Waals surface area contributed by atoms with Gasteiger partial charge in [0.1, 0.15) is 13.1 Å². The number of amides is 2. The Labute approximate surface area is 138 Å². The Bertz CT molecular complexity index is 767. The molecule has 23 heavy (non-hydrogen) atoms. The Hall–Kier alpha value is -2.60. The maximum absolute atomic E-state index is 12.3. The number of hydrazone groups is 1. The molecule has 3 rings (SSSR count). The summed E-state index contributed by atoms with van der Waals surface area (Å²) in [4.78, 5) is 25.9. The molecule has 1 aromatic carbocycles. The summed E-state index contributed by atoms with van der Waals surface area (Å²) >= 11 is 5.84. The molecule has 2 aromatic rings. The van der Waals surface area contributed by atoms with E-state index in [1.54, 1.807) is 30.5 Å². The third-order valence-electron chi connectivity index (χ3n) is 3.62. The molecule has 0 aliphatic carbocycles. The average Bonchev–Trinajstić information content (AvgIpc) is 2.94. The Morgan fingerprint density at radius 2 is 1.83 bits per heavy atom. The quantitative estimate of drug-likeness (QED) is 0.807. The third-order valence-corrected chi connectivity index (χ3v) is 3.87. The second-order valence-electron chi connectivity index (χ2n) is 5.20. The van der Waals surface area contributed by atoms with Crippen LogP contribution in [-0.4, -0.2) is 40.7 Å². The van der Waals surface area contributed by atoms with Gasteiger partial charge in [0.05, 0.1) is 11.9 Å². The molecule has 0 unspecified atom stereocenters. The molecule has 1 saturated heterocycles. The molecule has 6 nitrogen and oxygen atoms in total. The van der Waals surface area contributed by atoms with Gasteiger partial charge in [-0.1, -0.05) is 11.6 Å². The Balaban J connectivity index is 1.73. The zero-order valence-electron chi connectivity index (χ0n) is 12.5. The lowest BCUT2D eigenvalue weighted by atomic mass is 10.2. The van der Waals surface area contributed by atoms with E-state index in [0.29, 0.717) is 10.7 Å². The molecule has 0 atom stereocenters. The number of hydrogen-bond acceptors (Lipinski definition) is 3. The highest BCUT2D eigenvalue weighted by molar-refractivity contribution is 6.30. The van der Waals surface area contributed by atoms with Crippen LogP contribution in [0.4, 0.5) is 5.69 Å². The van der Waals surface area contributed by atoms with Crippen LogP contribution in [0.25, 0.3) is 0 Å². The third kappa shape index (κ3) is 3.27. The summed E-state index contributed by atoms with van der Waals surface area (Å²) in [7, 11) is 1.88. The number of piperazine rings is 1. The zero-order valence-corrected chi connectivity index (χ0v) is 13.3. The highest BCUT2D eigenvalue weighted by Crippen LogP contribution is 2.20. The summed E-state index contributed by atoms with van der Waals surface area (Å²) in [5, 5.41) is 5.91. The minimum atomic E-state index is -0.231. The first-order chi connectivity index (χ1) is 11.0. The minimum absolute atomic E-state index is 0.0368. The van der Waals surface area contributed by atoms with Gasteiger partial charge < -0.3 is 9.47 Å². The maximum atomic E-state index is 12.3. The van der Waals surface area contributed by atoms with Crippen LogP contribution in [-0.2, 0) is 16.6 Å². The van der Waals surface area contributed by atoms with Crippen molar-refractivity contribution in [2.75, 3.05) is 18.0 Å². The number of carbonyl (C=O) groups is 2. The van der Waals surface area contributed by atoms with Crippen LogP contribution in [0.15, 0.2) is 47.7 Å². The minimum Gasteiger partial charge on any atom is -0.350 e. The van der Waals surface area contributed by atoms with E-state index in [1.165, 1.54) is 9.91 Å². The van der Waals surface area contributed by atoms with Crippen molar-refractivity contribution in [3.8, 4) is 0 Å². The number of halogens is 1. The van der Waals surface area contributed by atoms with E-state index in [2.05, 4.69) is 5.10 Å². The predicted molar refractivity (Wildman–Crippen MR) is 88.5 cm³/mol.